The Morgan fingerprint density at radius 1 is 1.29 bits per heavy atom. The first kappa shape index (κ1) is 16.2. The van der Waals surface area contributed by atoms with Gasteiger partial charge in [-0.3, -0.25) is 4.79 Å². The summed E-state index contributed by atoms with van der Waals surface area (Å²) in [6, 6.07) is 6.49. The SMILES string of the molecule is CC1CCCCC1N(C)C(=O)c1ccc2c(c1)CCN2.Cl. The molecule has 1 heterocycles. The fourth-order valence-corrected chi connectivity index (χ4v) is 3.66. The maximum absolute atomic E-state index is 12.7. The number of halogens is 1. The summed E-state index contributed by atoms with van der Waals surface area (Å²) in [4.78, 5) is 14.7. The number of fused-ring (bicyclic) bond motifs is 1. The molecule has 0 radical (unpaired) electrons. The minimum Gasteiger partial charge on any atom is -0.384 e. The van der Waals surface area contributed by atoms with E-state index in [-0.39, 0.29) is 18.3 Å². The first-order valence-electron chi connectivity index (χ1n) is 7.81. The number of benzene rings is 1. The van der Waals surface area contributed by atoms with Crippen LogP contribution in [0.4, 0.5) is 5.69 Å². The lowest BCUT2D eigenvalue weighted by atomic mass is 9.85. The number of anilines is 1. The summed E-state index contributed by atoms with van der Waals surface area (Å²) in [6.07, 6.45) is 5.98. The summed E-state index contributed by atoms with van der Waals surface area (Å²) in [5.74, 6) is 0.798. The molecule has 1 N–H and O–H groups in total. The second kappa shape index (κ2) is 6.69. The third kappa shape index (κ3) is 3.18. The van der Waals surface area contributed by atoms with Gasteiger partial charge in [-0.25, -0.2) is 0 Å². The van der Waals surface area contributed by atoms with Gasteiger partial charge in [-0.2, -0.15) is 0 Å². The molecule has 4 heteroatoms. The summed E-state index contributed by atoms with van der Waals surface area (Å²) < 4.78 is 0. The van der Waals surface area contributed by atoms with E-state index in [0.717, 1.165) is 24.9 Å². The molecule has 2 unspecified atom stereocenters. The van der Waals surface area contributed by atoms with Crippen molar-refractivity contribution >= 4 is 24.0 Å². The van der Waals surface area contributed by atoms with Gasteiger partial charge < -0.3 is 10.2 Å². The largest absolute Gasteiger partial charge is 0.384 e. The van der Waals surface area contributed by atoms with Crippen LogP contribution in [0.2, 0.25) is 0 Å². The van der Waals surface area contributed by atoms with Crippen molar-refractivity contribution in [1.29, 1.82) is 0 Å². The number of hydrogen-bond donors (Lipinski definition) is 1. The molecule has 1 saturated carbocycles. The van der Waals surface area contributed by atoms with Gasteiger partial charge in [0.05, 0.1) is 0 Å². The van der Waals surface area contributed by atoms with Crippen LogP contribution in [-0.4, -0.2) is 30.4 Å². The predicted octanol–water partition coefficient (Wildman–Crippen LogP) is 3.73. The Morgan fingerprint density at radius 2 is 2.05 bits per heavy atom. The Bertz CT molecular complexity index is 518. The van der Waals surface area contributed by atoms with Gasteiger partial charge in [0.15, 0.2) is 0 Å². The van der Waals surface area contributed by atoms with Crippen LogP contribution in [0.3, 0.4) is 0 Å². The van der Waals surface area contributed by atoms with Crippen molar-refractivity contribution < 1.29 is 4.79 Å². The summed E-state index contributed by atoms with van der Waals surface area (Å²) >= 11 is 0. The van der Waals surface area contributed by atoms with E-state index in [9.17, 15) is 4.79 Å². The molecule has 3 rings (SSSR count). The minimum atomic E-state index is 0. The van der Waals surface area contributed by atoms with E-state index >= 15 is 0 Å². The van der Waals surface area contributed by atoms with Crippen molar-refractivity contribution in [2.24, 2.45) is 5.92 Å². The summed E-state index contributed by atoms with van der Waals surface area (Å²) in [7, 11) is 1.97. The molecule has 21 heavy (non-hydrogen) atoms. The first-order valence-corrected chi connectivity index (χ1v) is 7.81. The quantitative estimate of drug-likeness (QED) is 0.903. The van der Waals surface area contributed by atoms with Gasteiger partial charge in [0.1, 0.15) is 0 Å². The number of nitrogens with one attached hydrogen (secondary N) is 1. The molecule has 0 saturated heterocycles. The molecule has 1 aliphatic carbocycles. The van der Waals surface area contributed by atoms with Gasteiger partial charge in [0.25, 0.3) is 5.91 Å². The monoisotopic (exact) mass is 308 g/mol. The topological polar surface area (TPSA) is 32.3 Å². The Balaban J connectivity index is 0.00000161. The molecular formula is C17H25ClN2O. The van der Waals surface area contributed by atoms with Crippen LogP contribution >= 0.6 is 12.4 Å². The van der Waals surface area contributed by atoms with E-state index in [4.69, 9.17) is 0 Å². The molecule has 2 aliphatic rings. The minimum absolute atomic E-state index is 0. The third-order valence-corrected chi connectivity index (χ3v) is 4.95. The highest BCUT2D eigenvalue weighted by Gasteiger charge is 2.28. The molecule has 1 aliphatic heterocycles. The van der Waals surface area contributed by atoms with Crippen LogP contribution in [0, 0.1) is 5.92 Å². The predicted molar refractivity (Wildman–Crippen MR) is 89.4 cm³/mol. The van der Waals surface area contributed by atoms with Gasteiger partial charge in [-0.15, -0.1) is 12.4 Å². The number of rotatable bonds is 2. The molecule has 0 spiro atoms. The molecular weight excluding hydrogens is 284 g/mol. The fourth-order valence-electron chi connectivity index (χ4n) is 3.66. The van der Waals surface area contributed by atoms with E-state index in [1.54, 1.807) is 0 Å². The van der Waals surface area contributed by atoms with Crippen LogP contribution in [0.5, 0.6) is 0 Å². The summed E-state index contributed by atoms with van der Waals surface area (Å²) in [5.41, 5.74) is 3.31. The first-order chi connectivity index (χ1) is 9.66. The molecule has 2 atom stereocenters. The maximum Gasteiger partial charge on any atom is 0.253 e. The Hall–Kier alpha value is -1.22. The molecule has 1 amide bonds. The summed E-state index contributed by atoms with van der Waals surface area (Å²) in [6.45, 7) is 3.27. The smallest absolute Gasteiger partial charge is 0.253 e. The number of amides is 1. The maximum atomic E-state index is 12.7. The van der Waals surface area contributed by atoms with Crippen molar-refractivity contribution in [2.75, 3.05) is 18.9 Å². The van der Waals surface area contributed by atoms with Crippen LogP contribution in [0.1, 0.15) is 48.5 Å². The molecule has 3 nitrogen and oxygen atoms in total. The lowest BCUT2D eigenvalue weighted by Crippen LogP contribution is -2.42. The van der Waals surface area contributed by atoms with Gasteiger partial charge >= 0.3 is 0 Å². The fraction of sp³-hybridized carbons (Fsp3) is 0.588. The summed E-state index contributed by atoms with van der Waals surface area (Å²) in [5, 5.41) is 3.34. The van der Waals surface area contributed by atoms with E-state index in [0.29, 0.717) is 12.0 Å². The number of carbonyl (C=O) groups excluding carboxylic acids is 1. The highest BCUT2D eigenvalue weighted by Crippen LogP contribution is 2.29. The second-order valence-corrected chi connectivity index (χ2v) is 6.29. The molecule has 1 aromatic carbocycles. The average molecular weight is 309 g/mol. The lowest BCUT2D eigenvalue weighted by molar-refractivity contribution is 0.0629. The van der Waals surface area contributed by atoms with E-state index in [2.05, 4.69) is 18.3 Å². The zero-order chi connectivity index (χ0) is 14.1. The molecule has 116 valence electrons. The third-order valence-electron chi connectivity index (χ3n) is 4.95. The van der Waals surface area contributed by atoms with Crippen molar-refractivity contribution in [2.45, 2.75) is 45.1 Å². The highest BCUT2D eigenvalue weighted by molar-refractivity contribution is 5.95. The number of hydrogen-bond acceptors (Lipinski definition) is 2. The van der Waals surface area contributed by atoms with Gasteiger partial charge in [-0.05, 0) is 48.9 Å². The number of nitrogens with zero attached hydrogens (tertiary/aromatic N) is 1. The van der Waals surface area contributed by atoms with Crippen LogP contribution in [-0.2, 0) is 6.42 Å². The highest BCUT2D eigenvalue weighted by atomic mass is 35.5. The zero-order valence-electron chi connectivity index (χ0n) is 12.9. The van der Waals surface area contributed by atoms with E-state index < -0.39 is 0 Å². The van der Waals surface area contributed by atoms with Crippen molar-refractivity contribution in [1.82, 2.24) is 4.90 Å². The Labute approximate surface area is 133 Å². The van der Waals surface area contributed by atoms with Crippen LogP contribution in [0.25, 0.3) is 0 Å². The standard InChI is InChI=1S/C17H24N2O.ClH/c1-12-5-3-4-6-16(12)19(2)17(20)14-7-8-15-13(11-14)9-10-18-15;/h7-8,11-12,16,18H,3-6,9-10H2,1-2H3;1H. The number of carbonyl (C=O) groups is 1. The molecule has 0 bridgehead atoms. The van der Waals surface area contributed by atoms with Gasteiger partial charge in [0.2, 0.25) is 0 Å². The second-order valence-electron chi connectivity index (χ2n) is 6.29. The molecule has 1 aromatic rings. The lowest BCUT2D eigenvalue weighted by Gasteiger charge is -2.36. The van der Waals surface area contributed by atoms with E-state index in [1.165, 1.54) is 30.5 Å². The average Bonchev–Trinajstić information content (AvgIpc) is 2.93. The van der Waals surface area contributed by atoms with Crippen LogP contribution in [0.15, 0.2) is 18.2 Å². The van der Waals surface area contributed by atoms with Crippen molar-refractivity contribution in [3.8, 4) is 0 Å². The van der Waals surface area contributed by atoms with Crippen molar-refractivity contribution in [3.63, 3.8) is 0 Å². The van der Waals surface area contributed by atoms with Crippen LogP contribution < -0.4 is 5.32 Å². The molecule has 1 fully saturated rings. The van der Waals surface area contributed by atoms with Gasteiger partial charge in [-0.1, -0.05) is 19.8 Å². The van der Waals surface area contributed by atoms with E-state index in [1.807, 2.05) is 24.1 Å². The van der Waals surface area contributed by atoms with Crippen molar-refractivity contribution in [3.05, 3.63) is 29.3 Å². The Morgan fingerprint density at radius 3 is 2.81 bits per heavy atom. The van der Waals surface area contributed by atoms with Gasteiger partial charge in [0, 0.05) is 30.9 Å². The molecule has 0 aromatic heterocycles. The Kier molecular flexibility index (Phi) is 5.15. The normalized spacial score (nSPS) is 23.7. The zero-order valence-corrected chi connectivity index (χ0v) is 13.7.